The van der Waals surface area contributed by atoms with Crippen LogP contribution in [0.4, 0.5) is 0 Å². The van der Waals surface area contributed by atoms with Crippen LogP contribution in [0.25, 0.3) is 0 Å². The second-order valence-corrected chi connectivity index (χ2v) is 30.4. The van der Waals surface area contributed by atoms with E-state index < -0.39 is 19.5 Å². The topological polar surface area (TPSA) is 84.8 Å². The van der Waals surface area contributed by atoms with Gasteiger partial charge in [-0.3, -0.25) is 0 Å². The first-order chi connectivity index (χ1) is 36.4. The Kier molecular flexibility index (Phi) is 18.6. The van der Waals surface area contributed by atoms with Crippen LogP contribution in [0.5, 0.6) is 0 Å². The van der Waals surface area contributed by atoms with Gasteiger partial charge in [0.1, 0.15) is 11.2 Å². The number of aryl methyl sites for hydroxylation is 4. The normalized spacial score (nSPS) is 20.2. The zero-order chi connectivity index (χ0) is 57.3. The summed E-state index contributed by atoms with van der Waals surface area (Å²) in [7, 11) is -2.47. The van der Waals surface area contributed by atoms with Crippen molar-refractivity contribution in [3.05, 3.63) is 128 Å². The number of benzene rings is 4. The van der Waals surface area contributed by atoms with Crippen LogP contribution < -0.4 is 10.9 Å². The number of ether oxygens (including phenoxy) is 2. The maximum absolute atomic E-state index is 10.7. The fourth-order valence-electron chi connectivity index (χ4n) is 11.8. The molecule has 4 aliphatic rings. The molecule has 4 fully saturated rings. The number of rotatable bonds is 12. The molecule has 4 aromatic carbocycles. The van der Waals surface area contributed by atoms with Crippen LogP contribution in [0.15, 0.2) is 72.8 Å². The Morgan fingerprint density at radius 2 is 0.808 bits per heavy atom. The molecule has 0 bridgehead atoms. The largest absolute Gasteiger partial charge is 0.495 e. The van der Waals surface area contributed by atoms with Crippen LogP contribution in [0.2, 0.25) is 19.6 Å². The summed E-state index contributed by atoms with van der Waals surface area (Å²) in [5, 5.41) is 10.7. The van der Waals surface area contributed by atoms with Crippen molar-refractivity contribution in [2.45, 2.75) is 226 Å². The van der Waals surface area contributed by atoms with E-state index in [1.807, 2.05) is 0 Å². The summed E-state index contributed by atoms with van der Waals surface area (Å²) in [6, 6.07) is 27.1. The van der Waals surface area contributed by atoms with E-state index in [1.54, 1.807) is 0 Å². The molecule has 0 unspecified atom stereocenters. The third kappa shape index (κ3) is 12.9. The average molecular weight is 1080 g/mol. The van der Waals surface area contributed by atoms with Crippen molar-refractivity contribution in [1.82, 2.24) is 0 Å². The van der Waals surface area contributed by atoms with Gasteiger partial charge in [0.2, 0.25) is 0 Å². The standard InChI is InChI=1S/C35H51BO4Si.C32H43BO4/c1-12-35(13-2,30-16-17-31(27(4)25-30)36-38-32(5,6)33(7,8)39-36)29-15-14-28(26(3)24-29)18-19-34(40-41(9,10)11)20-22-37-23-21-34;1-9-32(10-2,26-12-11-25(23(3)21-26)15-16-31(34)17-19-35-20-18-31)27-13-14-28(24(4)22-27)33-36-29(5,6)30(7,8)37-33/h14-17,24-25H,12-13,20-23H2,1-11H3;11-14,21-22,34H,9-10,17-20H2,1-8H3. The van der Waals surface area contributed by atoms with E-state index in [0.717, 1.165) is 66.1 Å². The van der Waals surface area contributed by atoms with Gasteiger partial charge in [-0.15, -0.1) is 0 Å². The van der Waals surface area contributed by atoms with Gasteiger partial charge in [0.25, 0.3) is 0 Å². The Bertz CT molecular complexity index is 2860. The highest BCUT2D eigenvalue weighted by atomic mass is 28.4. The SMILES string of the molecule is CCC(CC)(c1ccc(C#CC2(O)CCOCC2)c(C)c1)c1ccc(B2OC(C)(C)C(C)(C)O2)c(C)c1.CCC(CC)(c1ccc(C#CC2(O[Si](C)(C)C)CCOCC2)c(C)c1)c1ccc(B2OC(C)(C)C(C)(C)O2)c(C)c1. The second kappa shape index (κ2) is 23.5. The average Bonchev–Trinajstić information content (AvgIpc) is 3.79. The van der Waals surface area contributed by atoms with Crippen LogP contribution >= 0.6 is 0 Å². The van der Waals surface area contributed by atoms with Crippen molar-refractivity contribution in [2.24, 2.45) is 0 Å². The highest BCUT2D eigenvalue weighted by Crippen LogP contribution is 2.43. The smallest absolute Gasteiger partial charge is 0.401 e. The lowest BCUT2D eigenvalue weighted by molar-refractivity contribution is -0.0262. The third-order valence-corrected chi connectivity index (χ3v) is 19.6. The molecule has 0 aliphatic carbocycles. The Labute approximate surface area is 473 Å². The highest BCUT2D eigenvalue weighted by Gasteiger charge is 2.53. The monoisotopic (exact) mass is 1080 g/mol. The first-order valence-electron chi connectivity index (χ1n) is 29.2. The fourth-order valence-corrected chi connectivity index (χ4v) is 13.3. The minimum Gasteiger partial charge on any atom is -0.401 e. The predicted molar refractivity (Wildman–Crippen MR) is 325 cm³/mol. The molecule has 0 aromatic heterocycles. The summed E-state index contributed by atoms with van der Waals surface area (Å²) in [6.45, 7) is 43.8. The summed E-state index contributed by atoms with van der Waals surface area (Å²) < 4.78 is 43.1. The van der Waals surface area contributed by atoms with Crippen LogP contribution in [-0.4, -0.2) is 87.7 Å². The van der Waals surface area contributed by atoms with Crippen molar-refractivity contribution in [2.75, 3.05) is 26.4 Å². The molecule has 4 saturated heterocycles. The van der Waals surface area contributed by atoms with Crippen molar-refractivity contribution < 1.29 is 37.6 Å². The van der Waals surface area contributed by atoms with Gasteiger partial charge >= 0.3 is 14.2 Å². The Hall–Kier alpha value is -3.97. The lowest BCUT2D eigenvalue weighted by Gasteiger charge is -2.38. The maximum atomic E-state index is 10.7. The molecule has 11 heteroatoms. The summed E-state index contributed by atoms with van der Waals surface area (Å²) in [6.07, 6.45) is 6.79. The van der Waals surface area contributed by atoms with Gasteiger partial charge < -0.3 is 37.6 Å². The van der Waals surface area contributed by atoms with E-state index in [0.29, 0.717) is 39.3 Å². The molecule has 8 nitrogen and oxygen atoms in total. The van der Waals surface area contributed by atoms with Crippen LogP contribution in [0.3, 0.4) is 0 Å². The first kappa shape index (κ1) is 61.6. The Balaban J connectivity index is 0.000000227. The van der Waals surface area contributed by atoms with Gasteiger partial charge in [0.05, 0.1) is 48.8 Å². The Morgan fingerprint density at radius 1 is 0.487 bits per heavy atom. The van der Waals surface area contributed by atoms with Gasteiger partial charge in [0.15, 0.2) is 8.32 Å². The molecule has 0 radical (unpaired) electrons. The number of hydrogen-bond acceptors (Lipinski definition) is 8. The van der Waals surface area contributed by atoms with Crippen molar-refractivity contribution in [3.63, 3.8) is 0 Å². The van der Waals surface area contributed by atoms with E-state index in [4.69, 9.17) is 32.5 Å². The van der Waals surface area contributed by atoms with Crippen molar-refractivity contribution >= 4 is 33.5 Å². The summed E-state index contributed by atoms with van der Waals surface area (Å²) >= 11 is 0. The molecule has 4 aromatic rings. The van der Waals surface area contributed by atoms with Crippen molar-refractivity contribution in [3.8, 4) is 23.7 Å². The molecule has 1 N–H and O–H groups in total. The van der Waals surface area contributed by atoms with Gasteiger partial charge in [-0.25, -0.2) is 0 Å². The van der Waals surface area contributed by atoms with Crippen LogP contribution in [0.1, 0.15) is 190 Å². The molecule has 420 valence electrons. The van der Waals surface area contributed by atoms with E-state index in [2.05, 4.69) is 227 Å². The van der Waals surface area contributed by atoms with Gasteiger partial charge in [-0.1, -0.05) is 123 Å². The molecule has 8 rings (SSSR count). The Morgan fingerprint density at radius 3 is 1.13 bits per heavy atom. The van der Waals surface area contributed by atoms with Gasteiger partial charge in [-0.05, 0) is 185 Å². The summed E-state index contributed by atoms with van der Waals surface area (Å²) in [5.41, 5.74) is 11.3. The van der Waals surface area contributed by atoms with E-state index >= 15 is 0 Å². The molecule has 0 saturated carbocycles. The fraction of sp³-hybridized carbons (Fsp3) is 0.582. The molecular formula is C67H94B2O8Si. The molecule has 78 heavy (non-hydrogen) atoms. The lowest BCUT2D eigenvalue weighted by Crippen LogP contribution is -2.45. The van der Waals surface area contributed by atoms with E-state index in [1.165, 1.54) is 38.9 Å². The molecule has 4 heterocycles. The number of aliphatic hydroxyl groups is 1. The summed E-state index contributed by atoms with van der Waals surface area (Å²) in [4.78, 5) is 0. The van der Waals surface area contributed by atoms with Gasteiger partial charge in [0, 0.05) is 47.6 Å². The highest BCUT2D eigenvalue weighted by molar-refractivity contribution is 6.69. The quantitative estimate of drug-likeness (QED) is 0.111. The second-order valence-electron chi connectivity index (χ2n) is 25.9. The molecule has 0 amide bonds. The molecule has 0 spiro atoms. The summed E-state index contributed by atoms with van der Waals surface area (Å²) in [5.74, 6) is 13.5. The number of hydrogen-bond donors (Lipinski definition) is 1. The predicted octanol–water partition coefficient (Wildman–Crippen LogP) is 13.1. The van der Waals surface area contributed by atoms with E-state index in [-0.39, 0.29) is 47.5 Å². The molecule has 4 aliphatic heterocycles. The minimum absolute atomic E-state index is 0.0845. The molecule has 0 atom stereocenters. The van der Waals surface area contributed by atoms with E-state index in [9.17, 15) is 5.11 Å². The molecular weight excluding hydrogens is 982 g/mol. The minimum atomic E-state index is -1.76. The van der Waals surface area contributed by atoms with Crippen molar-refractivity contribution in [1.29, 1.82) is 0 Å². The lowest BCUT2D eigenvalue weighted by atomic mass is 9.68. The maximum Gasteiger partial charge on any atom is 0.495 e. The zero-order valence-electron chi connectivity index (χ0n) is 51.4. The zero-order valence-corrected chi connectivity index (χ0v) is 52.4. The third-order valence-electron chi connectivity index (χ3n) is 18.6. The van der Waals surface area contributed by atoms with Gasteiger partial charge in [-0.2, -0.15) is 0 Å². The first-order valence-corrected chi connectivity index (χ1v) is 32.6. The van der Waals surface area contributed by atoms with Crippen LogP contribution in [-0.2, 0) is 43.3 Å². The van der Waals surface area contributed by atoms with Crippen LogP contribution in [0, 0.1) is 51.4 Å².